The van der Waals surface area contributed by atoms with E-state index in [2.05, 4.69) is 5.32 Å². The van der Waals surface area contributed by atoms with Gasteiger partial charge in [-0.1, -0.05) is 11.6 Å². The molecule has 0 aromatic heterocycles. The van der Waals surface area contributed by atoms with Crippen molar-refractivity contribution in [2.75, 3.05) is 13.7 Å². The Balaban J connectivity index is 2.75. The first-order valence-electron chi connectivity index (χ1n) is 6.67. The molecule has 1 aromatic rings. The molecule has 1 amide bonds. The molecule has 2 atom stereocenters. The molecule has 0 saturated heterocycles. The predicted molar refractivity (Wildman–Crippen MR) is 82.3 cm³/mol. The second kappa shape index (κ2) is 7.47. The van der Waals surface area contributed by atoms with Crippen LogP contribution in [-0.2, 0) is 14.3 Å². The number of benzene rings is 1. The minimum absolute atomic E-state index is 0.152. The summed E-state index contributed by atoms with van der Waals surface area (Å²) in [6.45, 7) is 4.57. The molecule has 6 nitrogen and oxygen atoms in total. The molecule has 0 saturated carbocycles. The maximum Gasteiger partial charge on any atom is 0.331 e. The first kappa shape index (κ1) is 18.3. The van der Waals surface area contributed by atoms with E-state index in [1.54, 1.807) is 18.2 Å². The van der Waals surface area contributed by atoms with E-state index < -0.39 is 23.5 Å². The molecule has 0 heterocycles. The number of carboxylic acid groups (broad SMARTS) is 1. The van der Waals surface area contributed by atoms with Crippen LogP contribution in [0.1, 0.15) is 19.4 Å². The summed E-state index contributed by atoms with van der Waals surface area (Å²) in [7, 11) is 1.36. The first-order valence-corrected chi connectivity index (χ1v) is 7.04. The number of carboxylic acids is 1. The molecule has 2 unspecified atom stereocenters. The monoisotopic (exact) mass is 329 g/mol. The van der Waals surface area contributed by atoms with Gasteiger partial charge in [-0.3, -0.25) is 4.79 Å². The third-order valence-corrected chi connectivity index (χ3v) is 3.54. The van der Waals surface area contributed by atoms with E-state index in [1.807, 2.05) is 6.92 Å². The van der Waals surface area contributed by atoms with E-state index in [9.17, 15) is 14.7 Å². The van der Waals surface area contributed by atoms with Crippen molar-refractivity contribution in [2.45, 2.75) is 32.4 Å². The standard InChI is InChI=1S/C15H20ClNO5/c1-9-7-11(5-6-12(9)16)22-10(2)13(18)17-15(3,8-21-4)14(19)20/h5-7,10H,8H2,1-4H3,(H,17,18)(H,19,20). The summed E-state index contributed by atoms with van der Waals surface area (Å²) in [6.07, 6.45) is -0.865. The lowest BCUT2D eigenvalue weighted by Gasteiger charge is -2.27. The average Bonchev–Trinajstić information content (AvgIpc) is 2.42. The number of carbonyl (C=O) groups is 2. The molecule has 0 bridgehead atoms. The van der Waals surface area contributed by atoms with Crippen LogP contribution in [0, 0.1) is 6.92 Å². The lowest BCUT2D eigenvalue weighted by molar-refractivity contribution is -0.150. The van der Waals surface area contributed by atoms with Gasteiger partial charge in [0.2, 0.25) is 0 Å². The van der Waals surface area contributed by atoms with Gasteiger partial charge in [-0.2, -0.15) is 0 Å². The summed E-state index contributed by atoms with van der Waals surface area (Å²) in [5.74, 6) is -1.25. The lowest BCUT2D eigenvalue weighted by atomic mass is 10.0. The molecule has 1 aromatic carbocycles. The van der Waals surface area contributed by atoms with Gasteiger partial charge in [0.25, 0.3) is 5.91 Å². The average molecular weight is 330 g/mol. The molecule has 7 heteroatoms. The summed E-state index contributed by atoms with van der Waals surface area (Å²) in [4.78, 5) is 23.4. The minimum Gasteiger partial charge on any atom is -0.481 e. The van der Waals surface area contributed by atoms with Crippen LogP contribution < -0.4 is 10.1 Å². The molecule has 0 aliphatic heterocycles. The summed E-state index contributed by atoms with van der Waals surface area (Å²) >= 11 is 5.92. The number of methoxy groups -OCH3 is 1. The summed E-state index contributed by atoms with van der Waals surface area (Å²) in [6, 6.07) is 5.02. The van der Waals surface area contributed by atoms with Crippen LogP contribution in [0.3, 0.4) is 0 Å². The molecular weight excluding hydrogens is 310 g/mol. The van der Waals surface area contributed by atoms with Gasteiger partial charge in [-0.15, -0.1) is 0 Å². The fourth-order valence-electron chi connectivity index (χ4n) is 1.76. The highest BCUT2D eigenvalue weighted by molar-refractivity contribution is 6.31. The van der Waals surface area contributed by atoms with Gasteiger partial charge < -0.3 is 19.9 Å². The van der Waals surface area contributed by atoms with Crippen molar-refractivity contribution in [1.29, 1.82) is 0 Å². The zero-order valence-corrected chi connectivity index (χ0v) is 13.7. The first-order chi connectivity index (χ1) is 10.2. The third-order valence-electron chi connectivity index (χ3n) is 3.12. The largest absolute Gasteiger partial charge is 0.481 e. The van der Waals surface area contributed by atoms with Gasteiger partial charge in [-0.25, -0.2) is 4.79 Å². The van der Waals surface area contributed by atoms with Crippen LogP contribution in [-0.4, -0.2) is 42.3 Å². The fraction of sp³-hybridized carbons (Fsp3) is 0.467. The lowest BCUT2D eigenvalue weighted by Crippen LogP contribution is -2.57. The summed E-state index contributed by atoms with van der Waals surface area (Å²) in [5, 5.41) is 12.2. The minimum atomic E-state index is -1.51. The second-order valence-electron chi connectivity index (χ2n) is 5.23. The molecule has 0 aliphatic rings. The number of hydrogen-bond acceptors (Lipinski definition) is 4. The quantitative estimate of drug-likeness (QED) is 0.799. The summed E-state index contributed by atoms with van der Waals surface area (Å²) < 4.78 is 10.4. The normalized spacial score (nSPS) is 14.8. The van der Waals surface area contributed by atoms with Gasteiger partial charge in [-0.05, 0) is 44.5 Å². The Morgan fingerprint density at radius 3 is 2.59 bits per heavy atom. The zero-order valence-electron chi connectivity index (χ0n) is 13.0. The number of ether oxygens (including phenoxy) is 2. The van der Waals surface area contributed by atoms with Gasteiger partial charge in [0.15, 0.2) is 11.6 Å². The highest BCUT2D eigenvalue weighted by Gasteiger charge is 2.36. The van der Waals surface area contributed by atoms with E-state index >= 15 is 0 Å². The number of aryl methyl sites for hydroxylation is 1. The third kappa shape index (κ3) is 4.61. The highest BCUT2D eigenvalue weighted by atomic mass is 35.5. The van der Waals surface area contributed by atoms with Crippen molar-refractivity contribution in [3.63, 3.8) is 0 Å². The number of carbonyl (C=O) groups excluding carboxylic acids is 1. The van der Waals surface area contributed by atoms with Crippen molar-refractivity contribution >= 4 is 23.5 Å². The number of nitrogens with one attached hydrogen (secondary N) is 1. The molecule has 0 radical (unpaired) electrons. The molecule has 22 heavy (non-hydrogen) atoms. The van der Waals surface area contributed by atoms with Crippen molar-refractivity contribution < 1.29 is 24.2 Å². The molecule has 2 N–H and O–H groups in total. The van der Waals surface area contributed by atoms with E-state index in [4.69, 9.17) is 21.1 Å². The summed E-state index contributed by atoms with van der Waals surface area (Å²) in [5.41, 5.74) is -0.694. The Bertz CT molecular complexity index is 563. The van der Waals surface area contributed by atoms with Gasteiger partial charge in [0.05, 0.1) is 6.61 Å². The van der Waals surface area contributed by atoms with Crippen molar-refractivity contribution in [1.82, 2.24) is 5.32 Å². The van der Waals surface area contributed by atoms with Gasteiger partial charge >= 0.3 is 5.97 Å². The van der Waals surface area contributed by atoms with Crippen LogP contribution in [0.15, 0.2) is 18.2 Å². The molecule has 1 rings (SSSR count). The number of rotatable bonds is 7. The Morgan fingerprint density at radius 2 is 2.09 bits per heavy atom. The van der Waals surface area contributed by atoms with Crippen LogP contribution in [0.25, 0.3) is 0 Å². The smallest absolute Gasteiger partial charge is 0.331 e. The van der Waals surface area contributed by atoms with E-state index in [1.165, 1.54) is 21.0 Å². The molecule has 0 aliphatic carbocycles. The Labute approximate surface area is 134 Å². The maximum absolute atomic E-state index is 12.1. The maximum atomic E-state index is 12.1. The van der Waals surface area contributed by atoms with Crippen molar-refractivity contribution in [3.05, 3.63) is 28.8 Å². The van der Waals surface area contributed by atoms with E-state index in [0.717, 1.165) is 5.56 Å². The van der Waals surface area contributed by atoms with Gasteiger partial charge in [0, 0.05) is 12.1 Å². The van der Waals surface area contributed by atoms with Crippen LogP contribution in [0.2, 0.25) is 5.02 Å². The zero-order chi connectivity index (χ0) is 16.9. The van der Waals surface area contributed by atoms with E-state index in [0.29, 0.717) is 10.8 Å². The highest BCUT2D eigenvalue weighted by Crippen LogP contribution is 2.22. The number of hydrogen-bond donors (Lipinski definition) is 2. The van der Waals surface area contributed by atoms with Gasteiger partial charge in [0.1, 0.15) is 5.75 Å². The van der Waals surface area contributed by atoms with E-state index in [-0.39, 0.29) is 6.61 Å². The SMILES string of the molecule is COCC(C)(NC(=O)C(C)Oc1ccc(Cl)c(C)c1)C(=O)O. The Morgan fingerprint density at radius 1 is 1.45 bits per heavy atom. The number of amides is 1. The van der Waals surface area contributed by atoms with Crippen LogP contribution >= 0.6 is 11.6 Å². The molecule has 122 valence electrons. The molecular formula is C15H20ClNO5. The number of aliphatic carboxylic acids is 1. The topological polar surface area (TPSA) is 84.9 Å². The van der Waals surface area contributed by atoms with Crippen LogP contribution in [0.4, 0.5) is 0 Å². The molecule has 0 fully saturated rings. The predicted octanol–water partition coefficient (Wildman–Crippen LogP) is 2.02. The Kier molecular flexibility index (Phi) is 6.20. The van der Waals surface area contributed by atoms with Crippen molar-refractivity contribution in [3.8, 4) is 5.75 Å². The fourth-order valence-corrected chi connectivity index (χ4v) is 1.88. The second-order valence-corrected chi connectivity index (χ2v) is 5.64. The molecule has 0 spiro atoms. The van der Waals surface area contributed by atoms with Crippen molar-refractivity contribution in [2.24, 2.45) is 0 Å². The number of halogens is 1. The van der Waals surface area contributed by atoms with Crippen LogP contribution in [0.5, 0.6) is 5.75 Å². The Hall–Kier alpha value is -1.79.